The molecule has 0 spiro atoms. The maximum absolute atomic E-state index is 12.1. The summed E-state index contributed by atoms with van der Waals surface area (Å²) in [5.74, 6) is 0. The molecule has 1 N–H and O–H groups in total. The van der Waals surface area contributed by atoms with Crippen LogP contribution in [0.15, 0.2) is 53.7 Å². The predicted octanol–water partition coefficient (Wildman–Crippen LogP) is 2.32. The molecular formula is C19H21N5O3. The van der Waals surface area contributed by atoms with Crippen LogP contribution in [0.3, 0.4) is 0 Å². The zero-order valence-electron chi connectivity index (χ0n) is 15.3. The van der Waals surface area contributed by atoms with Gasteiger partial charge in [0, 0.05) is 25.0 Å². The molecule has 8 heteroatoms. The molecule has 0 saturated carbocycles. The smallest absolute Gasteiger partial charge is 0.411 e. The van der Waals surface area contributed by atoms with Crippen LogP contribution < -0.4 is 10.7 Å². The summed E-state index contributed by atoms with van der Waals surface area (Å²) >= 11 is 0. The highest BCUT2D eigenvalue weighted by molar-refractivity contribution is 5.84. The van der Waals surface area contributed by atoms with Gasteiger partial charge in [-0.3, -0.25) is 14.8 Å². The fraction of sp³-hybridized carbons (Fsp3) is 0.263. The summed E-state index contributed by atoms with van der Waals surface area (Å²) in [6, 6.07) is 8.94. The molecule has 0 aliphatic rings. The second-order valence-corrected chi connectivity index (χ2v) is 5.99. The lowest BCUT2D eigenvalue weighted by Crippen LogP contribution is -2.16. The maximum Gasteiger partial charge on any atom is 0.411 e. The first-order valence-electron chi connectivity index (χ1n) is 8.66. The molecule has 0 radical (unpaired) electrons. The first-order chi connectivity index (χ1) is 13.0. The fourth-order valence-electron chi connectivity index (χ4n) is 2.59. The molecule has 2 heterocycles. The van der Waals surface area contributed by atoms with Crippen LogP contribution in [-0.2, 0) is 24.6 Å². The van der Waals surface area contributed by atoms with Gasteiger partial charge < -0.3 is 4.74 Å². The van der Waals surface area contributed by atoms with Gasteiger partial charge in [-0.15, -0.1) is 0 Å². The average Bonchev–Trinajstić information content (AvgIpc) is 3.09. The van der Waals surface area contributed by atoms with Gasteiger partial charge in [-0.1, -0.05) is 12.1 Å². The van der Waals surface area contributed by atoms with Gasteiger partial charge in [-0.25, -0.2) is 9.48 Å². The molecule has 3 rings (SSSR count). The maximum atomic E-state index is 12.1. The SMILES string of the molecule is CCOC(=O)Nc1ccc(CCc2nn(-c3cnn(C)c3)ccc2=O)cc1. The Hall–Kier alpha value is -3.42. The van der Waals surface area contributed by atoms with Crippen molar-refractivity contribution < 1.29 is 9.53 Å². The van der Waals surface area contributed by atoms with Crippen LogP contribution in [0.4, 0.5) is 10.5 Å². The van der Waals surface area contributed by atoms with Gasteiger partial charge in [0.1, 0.15) is 11.4 Å². The number of nitrogens with zero attached hydrogens (tertiary/aromatic N) is 4. The molecule has 0 saturated heterocycles. The van der Waals surface area contributed by atoms with E-state index in [1.807, 2.05) is 25.4 Å². The average molecular weight is 367 g/mol. The standard InChI is InChI=1S/C19H21N5O3/c1-3-27-19(26)21-15-7-4-14(5-8-15)6-9-17-18(25)10-11-24(22-17)16-12-20-23(2)13-16/h4-5,7-8,10-13H,3,6,9H2,1-2H3,(H,21,26). The van der Waals surface area contributed by atoms with E-state index >= 15 is 0 Å². The van der Waals surface area contributed by atoms with Crippen LogP contribution in [0, 0.1) is 0 Å². The molecular weight excluding hydrogens is 346 g/mol. The largest absolute Gasteiger partial charge is 0.450 e. The van der Waals surface area contributed by atoms with E-state index in [9.17, 15) is 9.59 Å². The quantitative estimate of drug-likeness (QED) is 0.722. The van der Waals surface area contributed by atoms with Crippen LogP contribution in [0.2, 0.25) is 0 Å². The number of benzene rings is 1. The van der Waals surface area contributed by atoms with Crippen molar-refractivity contribution in [2.45, 2.75) is 19.8 Å². The third-order valence-corrected chi connectivity index (χ3v) is 3.96. The predicted molar refractivity (Wildman–Crippen MR) is 101 cm³/mol. The van der Waals surface area contributed by atoms with Crippen molar-refractivity contribution in [3.63, 3.8) is 0 Å². The topological polar surface area (TPSA) is 91.0 Å². The molecule has 0 aliphatic heterocycles. The molecule has 0 atom stereocenters. The van der Waals surface area contributed by atoms with Gasteiger partial charge in [0.05, 0.1) is 19.0 Å². The first kappa shape index (κ1) is 18.4. The number of carbonyl (C=O) groups excluding carboxylic acids is 1. The van der Waals surface area contributed by atoms with Gasteiger partial charge >= 0.3 is 6.09 Å². The van der Waals surface area contributed by atoms with E-state index in [1.165, 1.54) is 6.07 Å². The van der Waals surface area contributed by atoms with Gasteiger partial charge in [0.2, 0.25) is 5.43 Å². The van der Waals surface area contributed by atoms with Crippen LogP contribution in [0.5, 0.6) is 0 Å². The van der Waals surface area contributed by atoms with Crippen molar-refractivity contribution in [2.75, 3.05) is 11.9 Å². The number of ether oxygens (including phenoxy) is 1. The van der Waals surface area contributed by atoms with Crippen molar-refractivity contribution in [1.82, 2.24) is 19.6 Å². The second-order valence-electron chi connectivity index (χ2n) is 5.99. The van der Waals surface area contributed by atoms with Crippen LogP contribution in [0.25, 0.3) is 5.69 Å². The van der Waals surface area contributed by atoms with Gasteiger partial charge in [-0.05, 0) is 37.5 Å². The molecule has 1 amide bonds. The van der Waals surface area contributed by atoms with Crippen LogP contribution in [-0.4, -0.2) is 32.3 Å². The fourth-order valence-corrected chi connectivity index (χ4v) is 2.59. The van der Waals surface area contributed by atoms with E-state index in [4.69, 9.17) is 4.74 Å². The Labute approximate surface area is 156 Å². The van der Waals surface area contributed by atoms with Crippen molar-refractivity contribution in [3.05, 3.63) is 70.4 Å². The second kappa shape index (κ2) is 8.31. The third kappa shape index (κ3) is 4.81. The van der Waals surface area contributed by atoms with Crippen LogP contribution >= 0.6 is 0 Å². The minimum Gasteiger partial charge on any atom is -0.450 e. The molecule has 0 unspecified atom stereocenters. The number of amides is 1. The highest BCUT2D eigenvalue weighted by Crippen LogP contribution is 2.12. The highest BCUT2D eigenvalue weighted by atomic mass is 16.5. The van der Waals surface area contributed by atoms with E-state index < -0.39 is 6.09 Å². The molecule has 8 nitrogen and oxygen atoms in total. The Morgan fingerprint density at radius 2 is 1.96 bits per heavy atom. The lowest BCUT2D eigenvalue weighted by Gasteiger charge is -2.07. The van der Waals surface area contributed by atoms with E-state index in [1.54, 1.807) is 40.8 Å². The summed E-state index contributed by atoms with van der Waals surface area (Å²) in [5, 5.41) is 11.2. The number of aryl methyl sites for hydroxylation is 3. The Morgan fingerprint density at radius 3 is 2.63 bits per heavy atom. The lowest BCUT2D eigenvalue weighted by atomic mass is 10.1. The number of aromatic nitrogens is 4. The van der Waals surface area contributed by atoms with E-state index in [2.05, 4.69) is 15.5 Å². The Bertz CT molecular complexity index is 976. The number of rotatable bonds is 6. The van der Waals surface area contributed by atoms with E-state index in [0.717, 1.165) is 11.3 Å². The highest BCUT2D eigenvalue weighted by Gasteiger charge is 2.07. The van der Waals surface area contributed by atoms with Gasteiger partial charge in [0.15, 0.2) is 0 Å². The van der Waals surface area contributed by atoms with Crippen molar-refractivity contribution in [1.29, 1.82) is 0 Å². The lowest BCUT2D eigenvalue weighted by molar-refractivity contribution is 0.168. The summed E-state index contributed by atoms with van der Waals surface area (Å²) in [7, 11) is 1.83. The van der Waals surface area contributed by atoms with Gasteiger partial charge in [0.25, 0.3) is 0 Å². The summed E-state index contributed by atoms with van der Waals surface area (Å²) < 4.78 is 8.17. The van der Waals surface area contributed by atoms with Crippen molar-refractivity contribution in [3.8, 4) is 5.69 Å². The minimum atomic E-state index is -0.477. The van der Waals surface area contributed by atoms with Gasteiger partial charge in [-0.2, -0.15) is 10.2 Å². The van der Waals surface area contributed by atoms with Crippen molar-refractivity contribution >= 4 is 11.8 Å². The molecule has 1 aromatic carbocycles. The Morgan fingerprint density at radius 1 is 1.19 bits per heavy atom. The molecule has 140 valence electrons. The summed E-state index contributed by atoms with van der Waals surface area (Å²) in [4.78, 5) is 23.5. The number of nitrogens with one attached hydrogen (secondary N) is 1. The molecule has 2 aromatic heterocycles. The number of carbonyl (C=O) groups is 1. The monoisotopic (exact) mass is 367 g/mol. The van der Waals surface area contributed by atoms with Crippen LogP contribution in [0.1, 0.15) is 18.2 Å². The Balaban J connectivity index is 1.66. The molecule has 3 aromatic rings. The van der Waals surface area contributed by atoms with Crippen molar-refractivity contribution in [2.24, 2.45) is 7.05 Å². The minimum absolute atomic E-state index is 0.0873. The third-order valence-electron chi connectivity index (χ3n) is 3.96. The zero-order valence-corrected chi connectivity index (χ0v) is 15.3. The number of hydrogen-bond donors (Lipinski definition) is 1. The normalized spacial score (nSPS) is 10.6. The first-order valence-corrected chi connectivity index (χ1v) is 8.66. The number of anilines is 1. The zero-order chi connectivity index (χ0) is 19.2. The van der Waals surface area contributed by atoms with E-state index in [-0.39, 0.29) is 5.43 Å². The molecule has 0 bridgehead atoms. The summed E-state index contributed by atoms with van der Waals surface area (Å²) in [6.45, 7) is 2.08. The summed E-state index contributed by atoms with van der Waals surface area (Å²) in [5.41, 5.74) is 2.91. The molecule has 0 fully saturated rings. The molecule has 27 heavy (non-hydrogen) atoms. The van der Waals surface area contributed by atoms with E-state index in [0.29, 0.717) is 30.8 Å². The summed E-state index contributed by atoms with van der Waals surface area (Å²) in [6.07, 6.45) is 5.87. The molecule has 0 aliphatic carbocycles. The Kier molecular flexibility index (Phi) is 5.65. The number of hydrogen-bond acceptors (Lipinski definition) is 5.